The maximum absolute atomic E-state index is 14.0. The van der Waals surface area contributed by atoms with Crippen molar-refractivity contribution in [3.63, 3.8) is 0 Å². The Kier molecular flexibility index (Phi) is 7.96. The van der Waals surface area contributed by atoms with Gasteiger partial charge >= 0.3 is 6.09 Å². The van der Waals surface area contributed by atoms with Crippen LogP contribution in [-0.2, 0) is 20.7 Å². The molecule has 36 heavy (non-hydrogen) atoms. The molecule has 3 amide bonds. The third-order valence-corrected chi connectivity index (χ3v) is 7.94. The third kappa shape index (κ3) is 5.87. The molecule has 1 saturated heterocycles. The Morgan fingerprint density at radius 1 is 1.03 bits per heavy atom. The maximum atomic E-state index is 14.0. The Morgan fingerprint density at radius 3 is 2.47 bits per heavy atom. The summed E-state index contributed by atoms with van der Waals surface area (Å²) in [6.07, 6.45) is 7.20. The molecule has 1 saturated carbocycles. The molecule has 1 aromatic rings. The highest BCUT2D eigenvalue weighted by molar-refractivity contribution is 5.92. The molecule has 1 aliphatic heterocycles. The van der Waals surface area contributed by atoms with E-state index in [4.69, 9.17) is 4.74 Å². The van der Waals surface area contributed by atoms with E-state index in [9.17, 15) is 14.4 Å². The van der Waals surface area contributed by atoms with Gasteiger partial charge in [0.15, 0.2) is 0 Å². The van der Waals surface area contributed by atoms with E-state index in [-0.39, 0.29) is 29.8 Å². The summed E-state index contributed by atoms with van der Waals surface area (Å²) >= 11 is 0. The number of amides is 3. The van der Waals surface area contributed by atoms with E-state index < -0.39 is 23.8 Å². The van der Waals surface area contributed by atoms with Crippen LogP contribution in [0, 0.1) is 11.8 Å². The number of nitrogens with zero attached hydrogens (tertiary/aromatic N) is 1. The van der Waals surface area contributed by atoms with Gasteiger partial charge in [0, 0.05) is 6.04 Å². The van der Waals surface area contributed by atoms with Gasteiger partial charge in [0.05, 0.1) is 6.04 Å². The van der Waals surface area contributed by atoms with Crippen LogP contribution < -0.4 is 10.6 Å². The smallest absolute Gasteiger partial charge is 0.408 e. The molecule has 5 unspecified atom stereocenters. The standard InChI is InChI=1S/C29H43N3O4/c1-18(2)25(31-28(35)36-29(3,4)5)27(34)32-23-16-9-7-12-20(23)17-24(32)26(33)30-22-15-10-13-19-11-6-8-14-21(19)22/h6,8,11,14,18,20,22-25H,7,9-10,12-13,15-17H2,1-5H3,(H,30,33)(H,31,35). The number of ether oxygens (including phenoxy) is 1. The molecule has 4 rings (SSSR count). The molecule has 5 atom stereocenters. The van der Waals surface area contributed by atoms with Crippen LogP contribution in [0.5, 0.6) is 0 Å². The molecule has 1 heterocycles. The van der Waals surface area contributed by atoms with E-state index in [0.717, 1.165) is 44.9 Å². The zero-order valence-electron chi connectivity index (χ0n) is 22.5. The SMILES string of the molecule is CC(C)C(NC(=O)OC(C)(C)C)C(=O)N1C(C(=O)NC2CCCc3ccccc32)CC2CCCCC21. The molecule has 3 aliphatic rings. The molecular weight excluding hydrogens is 454 g/mol. The van der Waals surface area contributed by atoms with Gasteiger partial charge < -0.3 is 20.3 Å². The van der Waals surface area contributed by atoms with E-state index >= 15 is 0 Å². The maximum Gasteiger partial charge on any atom is 0.408 e. The fourth-order valence-corrected chi connectivity index (χ4v) is 6.29. The molecule has 0 radical (unpaired) electrons. The van der Waals surface area contributed by atoms with Crippen LogP contribution in [0.3, 0.4) is 0 Å². The normalized spacial score (nSPS) is 26.6. The largest absolute Gasteiger partial charge is 0.444 e. The molecule has 198 valence electrons. The van der Waals surface area contributed by atoms with Crippen LogP contribution >= 0.6 is 0 Å². The molecule has 2 aliphatic carbocycles. The van der Waals surface area contributed by atoms with Crippen LogP contribution in [0.2, 0.25) is 0 Å². The van der Waals surface area contributed by atoms with Gasteiger partial charge in [-0.3, -0.25) is 9.59 Å². The first-order valence-electron chi connectivity index (χ1n) is 13.7. The molecule has 1 aromatic carbocycles. The highest BCUT2D eigenvalue weighted by atomic mass is 16.6. The molecule has 7 nitrogen and oxygen atoms in total. The van der Waals surface area contributed by atoms with Crippen molar-refractivity contribution in [3.05, 3.63) is 35.4 Å². The van der Waals surface area contributed by atoms with Gasteiger partial charge in [-0.05, 0) is 82.3 Å². The summed E-state index contributed by atoms with van der Waals surface area (Å²) in [6, 6.07) is 7.09. The predicted molar refractivity (Wildman–Crippen MR) is 139 cm³/mol. The van der Waals surface area contributed by atoms with E-state index in [1.807, 2.05) is 24.8 Å². The molecule has 2 N–H and O–H groups in total. The molecule has 0 bridgehead atoms. The fraction of sp³-hybridized carbons (Fsp3) is 0.690. The second-order valence-corrected chi connectivity index (χ2v) is 12.1. The van der Waals surface area contributed by atoms with Gasteiger partial charge in [-0.2, -0.15) is 0 Å². The number of likely N-dealkylation sites (tertiary alicyclic amines) is 1. The molecule has 7 heteroatoms. The lowest BCUT2D eigenvalue weighted by atomic mass is 9.84. The summed E-state index contributed by atoms with van der Waals surface area (Å²) in [5.74, 6) is -0.0540. The average Bonchev–Trinajstić information content (AvgIpc) is 3.21. The number of fused-ring (bicyclic) bond motifs is 2. The van der Waals surface area contributed by atoms with E-state index in [1.54, 1.807) is 20.8 Å². The van der Waals surface area contributed by atoms with Crippen molar-refractivity contribution in [2.75, 3.05) is 0 Å². The van der Waals surface area contributed by atoms with Crippen LogP contribution in [0.1, 0.15) is 96.7 Å². The van der Waals surface area contributed by atoms with Gasteiger partial charge in [0.2, 0.25) is 11.8 Å². The lowest BCUT2D eigenvalue weighted by Crippen LogP contribution is -2.58. The minimum Gasteiger partial charge on any atom is -0.444 e. The minimum atomic E-state index is -0.744. The molecular formula is C29H43N3O4. The van der Waals surface area contributed by atoms with Gasteiger partial charge in [-0.25, -0.2) is 4.79 Å². The highest BCUT2D eigenvalue weighted by Gasteiger charge is 2.49. The third-order valence-electron chi connectivity index (χ3n) is 7.94. The fourth-order valence-electron chi connectivity index (χ4n) is 6.29. The summed E-state index contributed by atoms with van der Waals surface area (Å²) in [5, 5.41) is 6.12. The van der Waals surface area contributed by atoms with Crippen molar-refractivity contribution in [1.29, 1.82) is 0 Å². The van der Waals surface area contributed by atoms with Crippen LogP contribution in [0.25, 0.3) is 0 Å². The Labute approximate surface area is 215 Å². The summed E-state index contributed by atoms with van der Waals surface area (Å²) in [7, 11) is 0. The first kappa shape index (κ1) is 26.5. The first-order valence-corrected chi connectivity index (χ1v) is 13.7. The Bertz CT molecular complexity index is 970. The van der Waals surface area contributed by atoms with Crippen molar-refractivity contribution in [1.82, 2.24) is 15.5 Å². The van der Waals surface area contributed by atoms with Crippen molar-refractivity contribution < 1.29 is 19.1 Å². The number of carbonyl (C=O) groups excluding carboxylic acids is 3. The minimum absolute atomic E-state index is 0.0252. The Hall–Kier alpha value is -2.57. The van der Waals surface area contributed by atoms with E-state index in [2.05, 4.69) is 28.8 Å². The Morgan fingerprint density at radius 2 is 1.75 bits per heavy atom. The Balaban J connectivity index is 1.55. The lowest BCUT2D eigenvalue weighted by Gasteiger charge is -2.37. The van der Waals surface area contributed by atoms with Gasteiger partial charge in [0.1, 0.15) is 17.7 Å². The summed E-state index contributed by atoms with van der Waals surface area (Å²) in [4.78, 5) is 42.2. The van der Waals surface area contributed by atoms with Crippen molar-refractivity contribution in [3.8, 4) is 0 Å². The topological polar surface area (TPSA) is 87.7 Å². The zero-order chi connectivity index (χ0) is 26.0. The number of rotatable bonds is 5. The van der Waals surface area contributed by atoms with E-state index in [0.29, 0.717) is 12.3 Å². The lowest BCUT2D eigenvalue weighted by molar-refractivity contribution is -0.143. The van der Waals surface area contributed by atoms with E-state index in [1.165, 1.54) is 11.1 Å². The molecule has 0 spiro atoms. The van der Waals surface area contributed by atoms with Gasteiger partial charge in [-0.15, -0.1) is 0 Å². The first-order chi connectivity index (χ1) is 17.0. The van der Waals surface area contributed by atoms with Crippen molar-refractivity contribution in [2.45, 2.75) is 116 Å². The number of alkyl carbamates (subject to hydrolysis) is 1. The summed E-state index contributed by atoms with van der Waals surface area (Å²) in [6.45, 7) is 9.24. The average molecular weight is 498 g/mol. The number of hydrogen-bond acceptors (Lipinski definition) is 4. The summed E-state index contributed by atoms with van der Waals surface area (Å²) in [5.41, 5.74) is 1.83. The number of aryl methyl sites for hydroxylation is 1. The number of hydrogen-bond donors (Lipinski definition) is 2. The number of carbonyl (C=O) groups is 3. The zero-order valence-corrected chi connectivity index (χ0v) is 22.5. The number of nitrogens with one attached hydrogen (secondary N) is 2. The van der Waals surface area contributed by atoms with Crippen LogP contribution in [-0.4, -0.2) is 46.5 Å². The van der Waals surface area contributed by atoms with Crippen LogP contribution in [0.4, 0.5) is 4.79 Å². The quantitative estimate of drug-likeness (QED) is 0.606. The second-order valence-electron chi connectivity index (χ2n) is 12.1. The predicted octanol–water partition coefficient (Wildman–Crippen LogP) is 4.89. The summed E-state index contributed by atoms with van der Waals surface area (Å²) < 4.78 is 5.45. The monoisotopic (exact) mass is 497 g/mol. The van der Waals surface area contributed by atoms with Gasteiger partial charge in [-0.1, -0.05) is 51.0 Å². The molecule has 2 fully saturated rings. The molecule has 0 aromatic heterocycles. The van der Waals surface area contributed by atoms with Gasteiger partial charge in [0.25, 0.3) is 0 Å². The second kappa shape index (κ2) is 10.8. The van der Waals surface area contributed by atoms with Crippen LogP contribution in [0.15, 0.2) is 24.3 Å². The highest BCUT2D eigenvalue weighted by Crippen LogP contribution is 2.41. The van der Waals surface area contributed by atoms with Crippen molar-refractivity contribution >= 4 is 17.9 Å². The number of benzene rings is 1. The van der Waals surface area contributed by atoms with Crippen molar-refractivity contribution in [2.24, 2.45) is 11.8 Å².